The fraction of sp³-hybridized carbons (Fsp3) is 0.467. The molecule has 0 unspecified atom stereocenters. The van der Waals surface area contributed by atoms with Crippen molar-refractivity contribution in [1.29, 1.82) is 0 Å². The molecule has 0 aliphatic heterocycles. The van der Waals surface area contributed by atoms with Gasteiger partial charge < -0.3 is 9.13 Å². The number of nitrogens with zero attached hydrogens (tertiary/aromatic N) is 3. The number of hydrogen-bond donors (Lipinski definition) is 0. The zero-order valence-electron chi connectivity index (χ0n) is 11.2. The van der Waals surface area contributed by atoms with Gasteiger partial charge in [-0.2, -0.15) is 0 Å². The second-order valence-electron chi connectivity index (χ2n) is 5.27. The summed E-state index contributed by atoms with van der Waals surface area (Å²) >= 11 is 0. The maximum atomic E-state index is 11.8. The van der Waals surface area contributed by atoms with Gasteiger partial charge in [0.1, 0.15) is 0 Å². The first-order valence-corrected chi connectivity index (χ1v) is 6.97. The molecule has 4 heteroatoms. The van der Waals surface area contributed by atoms with Crippen LogP contribution in [0.1, 0.15) is 54.7 Å². The van der Waals surface area contributed by atoms with E-state index in [-0.39, 0.29) is 5.78 Å². The van der Waals surface area contributed by atoms with Crippen molar-refractivity contribution in [3.63, 3.8) is 0 Å². The normalized spacial score (nSPS) is 14.8. The highest BCUT2D eigenvalue weighted by Gasteiger charge is 2.25. The average Bonchev–Trinajstić information content (AvgIpc) is 2.96. The zero-order chi connectivity index (χ0) is 13.2. The highest BCUT2D eigenvalue weighted by molar-refractivity contribution is 5.95. The first kappa shape index (κ1) is 12.2. The van der Waals surface area contributed by atoms with Gasteiger partial charge in [0, 0.05) is 36.6 Å². The van der Waals surface area contributed by atoms with E-state index in [0.29, 0.717) is 12.5 Å². The van der Waals surface area contributed by atoms with E-state index in [1.807, 2.05) is 37.9 Å². The summed E-state index contributed by atoms with van der Waals surface area (Å²) in [7, 11) is 0. The van der Waals surface area contributed by atoms with E-state index >= 15 is 0 Å². The van der Waals surface area contributed by atoms with Gasteiger partial charge >= 0.3 is 0 Å². The number of hydrogen-bond acceptors (Lipinski definition) is 2. The van der Waals surface area contributed by atoms with Crippen LogP contribution in [0.2, 0.25) is 0 Å². The van der Waals surface area contributed by atoms with Gasteiger partial charge in [-0.3, -0.25) is 4.79 Å². The van der Waals surface area contributed by atoms with Crippen molar-refractivity contribution < 1.29 is 4.79 Å². The molecule has 100 valence electrons. The molecular formula is C15H19N3O. The van der Waals surface area contributed by atoms with E-state index in [4.69, 9.17) is 0 Å². The van der Waals surface area contributed by atoms with Crippen molar-refractivity contribution in [3.8, 4) is 0 Å². The van der Waals surface area contributed by atoms with Crippen LogP contribution in [-0.4, -0.2) is 19.9 Å². The zero-order valence-corrected chi connectivity index (χ0v) is 11.2. The predicted molar refractivity (Wildman–Crippen MR) is 73.3 cm³/mol. The molecule has 3 rings (SSSR count). The van der Waals surface area contributed by atoms with E-state index in [2.05, 4.69) is 14.1 Å². The Morgan fingerprint density at radius 3 is 3.05 bits per heavy atom. The number of rotatable bonds is 6. The Kier molecular flexibility index (Phi) is 3.23. The molecule has 0 amide bonds. The topological polar surface area (TPSA) is 39.8 Å². The molecule has 2 aromatic rings. The minimum Gasteiger partial charge on any atom is -0.348 e. The van der Waals surface area contributed by atoms with E-state index in [1.165, 1.54) is 18.5 Å². The Morgan fingerprint density at radius 2 is 2.32 bits per heavy atom. The summed E-state index contributed by atoms with van der Waals surface area (Å²) in [6, 6.07) is 2.56. The van der Waals surface area contributed by atoms with Gasteiger partial charge in [0.05, 0.1) is 18.6 Å². The standard InChI is InChI=1S/C15H19N3O/c1-2-3-15(19)12-6-7-17(9-12)10-14-8-16-11-18(14)13-4-5-13/h6-9,11,13H,2-5,10H2,1H3. The molecule has 0 bridgehead atoms. The molecule has 1 aliphatic rings. The lowest BCUT2D eigenvalue weighted by molar-refractivity contribution is 0.0981. The fourth-order valence-electron chi connectivity index (χ4n) is 2.40. The van der Waals surface area contributed by atoms with Crippen molar-refractivity contribution >= 4 is 5.78 Å². The number of aromatic nitrogens is 3. The third-order valence-corrected chi connectivity index (χ3v) is 3.58. The van der Waals surface area contributed by atoms with Crippen LogP contribution in [0.25, 0.3) is 0 Å². The minimum absolute atomic E-state index is 0.233. The van der Waals surface area contributed by atoms with E-state index in [0.717, 1.165) is 18.5 Å². The summed E-state index contributed by atoms with van der Waals surface area (Å²) in [5, 5.41) is 0. The van der Waals surface area contributed by atoms with Gasteiger partial charge in [0.2, 0.25) is 0 Å². The molecular weight excluding hydrogens is 238 g/mol. The number of carbonyl (C=O) groups excluding carboxylic acids is 1. The molecule has 1 aliphatic carbocycles. The summed E-state index contributed by atoms with van der Waals surface area (Å²) in [6.45, 7) is 2.82. The van der Waals surface area contributed by atoms with Gasteiger partial charge in [0.25, 0.3) is 0 Å². The summed E-state index contributed by atoms with van der Waals surface area (Å²) in [5.41, 5.74) is 2.03. The SMILES string of the molecule is CCCC(=O)c1ccn(Cc2cncn2C2CC2)c1. The molecule has 0 spiro atoms. The molecule has 1 fully saturated rings. The number of ketones is 1. The Balaban J connectivity index is 1.72. The van der Waals surface area contributed by atoms with E-state index in [9.17, 15) is 4.79 Å². The van der Waals surface area contributed by atoms with Gasteiger partial charge in [-0.25, -0.2) is 4.98 Å². The molecule has 0 saturated heterocycles. The van der Waals surface area contributed by atoms with Crippen LogP contribution in [-0.2, 0) is 6.54 Å². The Morgan fingerprint density at radius 1 is 1.47 bits per heavy atom. The Labute approximate surface area is 113 Å². The molecule has 1 saturated carbocycles. The van der Waals surface area contributed by atoms with Crippen LogP contribution in [0.15, 0.2) is 31.0 Å². The van der Waals surface area contributed by atoms with Gasteiger partial charge in [-0.05, 0) is 25.3 Å². The first-order valence-electron chi connectivity index (χ1n) is 6.97. The minimum atomic E-state index is 0.233. The second-order valence-corrected chi connectivity index (χ2v) is 5.27. The Hall–Kier alpha value is -1.84. The summed E-state index contributed by atoms with van der Waals surface area (Å²) in [4.78, 5) is 16.0. The van der Waals surface area contributed by atoms with Crippen molar-refractivity contribution in [2.45, 2.75) is 45.2 Å². The predicted octanol–water partition coefficient (Wildman–Crippen LogP) is 3.05. The molecule has 2 heterocycles. The van der Waals surface area contributed by atoms with Crippen LogP contribution >= 0.6 is 0 Å². The van der Waals surface area contributed by atoms with Crippen molar-refractivity contribution in [3.05, 3.63) is 42.2 Å². The van der Waals surface area contributed by atoms with Crippen molar-refractivity contribution in [2.24, 2.45) is 0 Å². The lowest BCUT2D eigenvalue weighted by atomic mass is 10.1. The lowest BCUT2D eigenvalue weighted by Gasteiger charge is -2.07. The van der Waals surface area contributed by atoms with Gasteiger partial charge in [-0.15, -0.1) is 0 Å². The third-order valence-electron chi connectivity index (χ3n) is 3.58. The van der Waals surface area contributed by atoms with Crippen molar-refractivity contribution in [1.82, 2.24) is 14.1 Å². The highest BCUT2D eigenvalue weighted by Crippen LogP contribution is 2.35. The first-order chi connectivity index (χ1) is 9.28. The summed E-state index contributed by atoms with van der Waals surface area (Å²) < 4.78 is 4.33. The maximum Gasteiger partial charge on any atom is 0.164 e. The quantitative estimate of drug-likeness (QED) is 0.746. The second kappa shape index (κ2) is 5.03. The van der Waals surface area contributed by atoms with Crippen LogP contribution in [0.3, 0.4) is 0 Å². The molecule has 2 aromatic heterocycles. The van der Waals surface area contributed by atoms with Crippen LogP contribution < -0.4 is 0 Å². The molecule has 0 N–H and O–H groups in total. The molecule has 4 nitrogen and oxygen atoms in total. The molecule has 19 heavy (non-hydrogen) atoms. The Bertz CT molecular complexity index is 578. The third kappa shape index (κ3) is 2.62. The van der Waals surface area contributed by atoms with Crippen LogP contribution in [0.5, 0.6) is 0 Å². The highest BCUT2D eigenvalue weighted by atomic mass is 16.1. The number of carbonyl (C=O) groups is 1. The number of imidazole rings is 1. The maximum absolute atomic E-state index is 11.8. The van der Waals surface area contributed by atoms with Crippen LogP contribution in [0, 0.1) is 0 Å². The van der Waals surface area contributed by atoms with Crippen LogP contribution in [0.4, 0.5) is 0 Å². The van der Waals surface area contributed by atoms with Crippen molar-refractivity contribution in [2.75, 3.05) is 0 Å². The van der Waals surface area contributed by atoms with Gasteiger partial charge in [0.15, 0.2) is 5.78 Å². The molecule has 0 atom stereocenters. The molecule has 0 aromatic carbocycles. The molecule has 0 radical (unpaired) electrons. The smallest absolute Gasteiger partial charge is 0.164 e. The average molecular weight is 257 g/mol. The lowest BCUT2D eigenvalue weighted by Crippen LogP contribution is -2.04. The summed E-state index contributed by atoms with van der Waals surface area (Å²) in [6.07, 6.45) is 11.8. The fourth-order valence-corrected chi connectivity index (χ4v) is 2.40. The van der Waals surface area contributed by atoms with E-state index < -0.39 is 0 Å². The number of Topliss-reactive ketones (excluding diaryl/α,β-unsaturated/α-hetero) is 1. The largest absolute Gasteiger partial charge is 0.348 e. The summed E-state index contributed by atoms with van der Waals surface area (Å²) in [5.74, 6) is 0.233. The van der Waals surface area contributed by atoms with E-state index in [1.54, 1.807) is 0 Å². The monoisotopic (exact) mass is 257 g/mol. The van der Waals surface area contributed by atoms with Gasteiger partial charge in [-0.1, -0.05) is 6.92 Å².